The summed E-state index contributed by atoms with van der Waals surface area (Å²) in [4.78, 5) is 21.3. The van der Waals surface area contributed by atoms with Gasteiger partial charge in [0.25, 0.3) is 11.3 Å². The van der Waals surface area contributed by atoms with Gasteiger partial charge in [0.2, 0.25) is 5.95 Å². The van der Waals surface area contributed by atoms with E-state index >= 15 is 0 Å². The van der Waals surface area contributed by atoms with Gasteiger partial charge in [-0.2, -0.15) is 9.50 Å². The number of anilines is 2. The first-order valence-electron chi connectivity index (χ1n) is 9.85. The van der Waals surface area contributed by atoms with Crippen LogP contribution in [0, 0.1) is 6.92 Å². The lowest BCUT2D eigenvalue weighted by atomic mass is 10.2. The highest BCUT2D eigenvalue weighted by Gasteiger charge is 2.08. The van der Waals surface area contributed by atoms with E-state index in [-0.39, 0.29) is 5.56 Å². The van der Waals surface area contributed by atoms with Crippen LogP contribution in [0.1, 0.15) is 23.7 Å². The normalized spacial score (nSPS) is 10.9. The summed E-state index contributed by atoms with van der Waals surface area (Å²) < 4.78 is 6.78. The molecule has 8 nitrogen and oxygen atoms in total. The molecule has 0 spiro atoms. The third kappa shape index (κ3) is 4.60. The Morgan fingerprint density at radius 3 is 2.50 bits per heavy atom. The fourth-order valence-corrected chi connectivity index (χ4v) is 3.02. The SMILES string of the molecule is CCOc1ccc(CNc2nc3nc(CNc4ccc(C)cc4)cc(=O)n3[nH]2)cc1. The summed E-state index contributed by atoms with van der Waals surface area (Å²) in [6, 6.07) is 17.4. The fourth-order valence-electron chi connectivity index (χ4n) is 3.02. The summed E-state index contributed by atoms with van der Waals surface area (Å²) in [6.07, 6.45) is 0. The van der Waals surface area contributed by atoms with Crippen LogP contribution in [0.2, 0.25) is 0 Å². The van der Waals surface area contributed by atoms with Crippen LogP contribution < -0.4 is 20.9 Å². The number of fused-ring (bicyclic) bond motifs is 1. The monoisotopic (exact) mass is 404 g/mol. The topological polar surface area (TPSA) is 96.3 Å². The van der Waals surface area contributed by atoms with Gasteiger partial charge in [-0.05, 0) is 43.7 Å². The van der Waals surface area contributed by atoms with Crippen LogP contribution in [-0.2, 0) is 13.1 Å². The first kappa shape index (κ1) is 19.5. The molecule has 3 N–H and O–H groups in total. The van der Waals surface area contributed by atoms with E-state index in [9.17, 15) is 4.79 Å². The summed E-state index contributed by atoms with van der Waals surface area (Å²) in [6.45, 7) is 5.64. The molecule has 0 saturated heterocycles. The minimum Gasteiger partial charge on any atom is -0.494 e. The number of rotatable bonds is 8. The minimum absolute atomic E-state index is 0.206. The average Bonchev–Trinajstić information content (AvgIpc) is 3.17. The van der Waals surface area contributed by atoms with E-state index in [1.165, 1.54) is 16.1 Å². The predicted molar refractivity (Wildman–Crippen MR) is 117 cm³/mol. The van der Waals surface area contributed by atoms with Crippen molar-refractivity contribution < 1.29 is 4.74 Å². The van der Waals surface area contributed by atoms with Crippen molar-refractivity contribution in [2.45, 2.75) is 26.9 Å². The molecule has 0 bridgehead atoms. The molecule has 30 heavy (non-hydrogen) atoms. The Bertz CT molecular complexity index is 1180. The van der Waals surface area contributed by atoms with Crippen LogP contribution in [0.5, 0.6) is 5.75 Å². The third-order valence-electron chi connectivity index (χ3n) is 4.60. The lowest BCUT2D eigenvalue weighted by molar-refractivity contribution is 0.340. The number of hydrogen-bond donors (Lipinski definition) is 3. The Labute approximate surface area is 173 Å². The minimum atomic E-state index is -0.206. The fraction of sp³-hybridized carbons (Fsp3) is 0.227. The average molecular weight is 404 g/mol. The smallest absolute Gasteiger partial charge is 0.274 e. The highest BCUT2D eigenvalue weighted by Crippen LogP contribution is 2.13. The van der Waals surface area contributed by atoms with E-state index in [2.05, 4.69) is 25.7 Å². The molecule has 0 aliphatic carbocycles. The molecule has 0 aliphatic rings. The Balaban J connectivity index is 1.43. The first-order valence-corrected chi connectivity index (χ1v) is 9.85. The molecule has 0 radical (unpaired) electrons. The molecular weight excluding hydrogens is 380 g/mol. The van der Waals surface area contributed by atoms with E-state index in [0.29, 0.717) is 37.1 Å². The number of ether oxygens (including phenoxy) is 1. The Morgan fingerprint density at radius 2 is 1.77 bits per heavy atom. The van der Waals surface area contributed by atoms with Crippen LogP contribution in [0.3, 0.4) is 0 Å². The van der Waals surface area contributed by atoms with Crippen molar-refractivity contribution in [3.8, 4) is 5.75 Å². The zero-order chi connectivity index (χ0) is 20.9. The van der Waals surface area contributed by atoms with Crippen LogP contribution in [0.15, 0.2) is 59.4 Å². The van der Waals surface area contributed by atoms with Crippen molar-refractivity contribution in [1.29, 1.82) is 0 Å². The second-order valence-corrected chi connectivity index (χ2v) is 6.94. The van der Waals surface area contributed by atoms with Crippen molar-refractivity contribution in [1.82, 2.24) is 19.6 Å². The van der Waals surface area contributed by atoms with Gasteiger partial charge in [-0.1, -0.05) is 29.8 Å². The standard InChI is InChI=1S/C22H24N6O2/c1-3-30-19-10-6-16(7-11-19)13-24-21-26-22-25-18(12-20(29)28(22)27-21)14-23-17-8-4-15(2)5-9-17/h4-12,23H,3,13-14H2,1-2H3,(H2,24,25,26,27). The number of H-pyrrole nitrogens is 1. The van der Waals surface area contributed by atoms with Crippen molar-refractivity contribution >= 4 is 17.4 Å². The van der Waals surface area contributed by atoms with Gasteiger partial charge >= 0.3 is 0 Å². The molecule has 0 aliphatic heterocycles. The molecular formula is C22H24N6O2. The number of nitrogens with zero attached hydrogens (tertiary/aromatic N) is 3. The van der Waals surface area contributed by atoms with Crippen molar-refractivity contribution in [2.24, 2.45) is 0 Å². The molecule has 0 fully saturated rings. The lowest BCUT2D eigenvalue weighted by Gasteiger charge is -2.06. The number of hydrogen-bond acceptors (Lipinski definition) is 6. The van der Waals surface area contributed by atoms with Gasteiger partial charge in [-0.15, -0.1) is 0 Å². The van der Waals surface area contributed by atoms with E-state index < -0.39 is 0 Å². The third-order valence-corrected chi connectivity index (χ3v) is 4.60. The maximum Gasteiger partial charge on any atom is 0.274 e. The van der Waals surface area contributed by atoms with Crippen LogP contribution in [0.4, 0.5) is 11.6 Å². The van der Waals surface area contributed by atoms with Crippen molar-refractivity contribution in [3.05, 3.63) is 81.8 Å². The number of aromatic amines is 1. The van der Waals surface area contributed by atoms with Gasteiger partial charge in [0.05, 0.1) is 18.8 Å². The molecule has 0 amide bonds. The number of nitrogens with one attached hydrogen (secondary N) is 3. The predicted octanol–water partition coefficient (Wildman–Crippen LogP) is 3.35. The van der Waals surface area contributed by atoms with Crippen molar-refractivity contribution in [3.63, 3.8) is 0 Å². The van der Waals surface area contributed by atoms with Crippen LogP contribution in [0.25, 0.3) is 5.78 Å². The molecule has 2 aromatic carbocycles. The maximum absolute atomic E-state index is 12.4. The van der Waals surface area contributed by atoms with E-state index in [1.807, 2.05) is 62.4 Å². The van der Waals surface area contributed by atoms with E-state index in [0.717, 1.165) is 17.0 Å². The zero-order valence-electron chi connectivity index (χ0n) is 17.0. The van der Waals surface area contributed by atoms with E-state index in [4.69, 9.17) is 4.74 Å². The molecule has 4 rings (SSSR count). The summed E-state index contributed by atoms with van der Waals surface area (Å²) in [7, 11) is 0. The molecule has 154 valence electrons. The maximum atomic E-state index is 12.4. The summed E-state index contributed by atoms with van der Waals surface area (Å²) in [5, 5.41) is 9.41. The second-order valence-electron chi connectivity index (χ2n) is 6.94. The summed E-state index contributed by atoms with van der Waals surface area (Å²) in [5.74, 6) is 1.65. The van der Waals surface area contributed by atoms with Gasteiger partial charge in [0.15, 0.2) is 0 Å². The highest BCUT2D eigenvalue weighted by molar-refractivity contribution is 5.45. The number of aromatic nitrogens is 4. The van der Waals surface area contributed by atoms with Gasteiger partial charge < -0.3 is 15.4 Å². The van der Waals surface area contributed by atoms with Gasteiger partial charge in [0.1, 0.15) is 5.75 Å². The Kier molecular flexibility index (Phi) is 5.65. The molecule has 0 saturated carbocycles. The van der Waals surface area contributed by atoms with E-state index in [1.54, 1.807) is 0 Å². The lowest BCUT2D eigenvalue weighted by Crippen LogP contribution is -2.17. The first-order chi connectivity index (χ1) is 14.6. The molecule has 8 heteroatoms. The number of aryl methyl sites for hydroxylation is 1. The molecule has 0 atom stereocenters. The van der Waals surface area contributed by atoms with Gasteiger partial charge in [-0.25, -0.2) is 4.98 Å². The van der Waals surface area contributed by atoms with Crippen LogP contribution >= 0.6 is 0 Å². The summed E-state index contributed by atoms with van der Waals surface area (Å²) in [5.41, 5.74) is 3.66. The molecule has 2 aromatic heterocycles. The Morgan fingerprint density at radius 1 is 1.00 bits per heavy atom. The molecule has 4 aromatic rings. The quantitative estimate of drug-likeness (QED) is 0.417. The van der Waals surface area contributed by atoms with Gasteiger partial charge in [0, 0.05) is 18.3 Å². The zero-order valence-corrected chi connectivity index (χ0v) is 17.0. The largest absolute Gasteiger partial charge is 0.494 e. The highest BCUT2D eigenvalue weighted by atomic mass is 16.5. The summed E-state index contributed by atoms with van der Waals surface area (Å²) >= 11 is 0. The van der Waals surface area contributed by atoms with Crippen molar-refractivity contribution in [2.75, 3.05) is 17.2 Å². The Hall–Kier alpha value is -3.81. The molecule has 2 heterocycles. The second kappa shape index (κ2) is 8.69. The number of benzene rings is 2. The molecule has 0 unspecified atom stereocenters. The van der Waals surface area contributed by atoms with Gasteiger partial charge in [-0.3, -0.25) is 9.89 Å². The van der Waals surface area contributed by atoms with Crippen LogP contribution in [-0.4, -0.2) is 26.2 Å².